The summed E-state index contributed by atoms with van der Waals surface area (Å²) in [6, 6.07) is 8.44. The molecule has 0 radical (unpaired) electrons. The van der Waals surface area contributed by atoms with Gasteiger partial charge in [-0.05, 0) is 6.92 Å². The Morgan fingerprint density at radius 3 is 2.83 bits per heavy atom. The van der Waals surface area contributed by atoms with Crippen molar-refractivity contribution < 1.29 is 0 Å². The molecular formula is C13H15ClN4. The highest BCUT2D eigenvalue weighted by Crippen LogP contribution is 2.29. The van der Waals surface area contributed by atoms with Crippen LogP contribution in [-0.4, -0.2) is 35.9 Å². The van der Waals surface area contributed by atoms with Crippen LogP contribution >= 0.6 is 11.6 Å². The Kier molecular flexibility index (Phi) is 3.06. The van der Waals surface area contributed by atoms with E-state index in [1.807, 2.05) is 18.2 Å². The molecule has 1 aliphatic rings. The first kappa shape index (κ1) is 11.7. The molecule has 0 amide bonds. The van der Waals surface area contributed by atoms with Gasteiger partial charge >= 0.3 is 0 Å². The molecule has 5 heteroatoms. The lowest BCUT2D eigenvalue weighted by atomic mass is 10.1. The van der Waals surface area contributed by atoms with Crippen molar-refractivity contribution in [3.8, 4) is 0 Å². The Balaban J connectivity index is 2.14. The quantitative estimate of drug-likeness (QED) is 0.854. The summed E-state index contributed by atoms with van der Waals surface area (Å²) in [5.74, 6) is 0.934. The number of fused-ring (bicyclic) bond motifs is 1. The highest BCUT2D eigenvalue weighted by atomic mass is 35.5. The van der Waals surface area contributed by atoms with Crippen molar-refractivity contribution in [3.63, 3.8) is 0 Å². The van der Waals surface area contributed by atoms with E-state index in [-0.39, 0.29) is 0 Å². The predicted molar refractivity (Wildman–Crippen MR) is 74.2 cm³/mol. The second kappa shape index (κ2) is 4.71. The molecule has 3 rings (SSSR count). The number of piperazine rings is 1. The number of rotatable bonds is 1. The molecule has 0 bridgehead atoms. The van der Waals surface area contributed by atoms with E-state index in [0.717, 1.165) is 36.2 Å². The summed E-state index contributed by atoms with van der Waals surface area (Å²) in [7, 11) is 0. The normalized spacial score (nSPS) is 20.3. The zero-order valence-corrected chi connectivity index (χ0v) is 11.0. The van der Waals surface area contributed by atoms with Crippen LogP contribution in [0.4, 0.5) is 5.82 Å². The lowest BCUT2D eigenvalue weighted by molar-refractivity contribution is 0.497. The number of hydrogen-bond acceptors (Lipinski definition) is 4. The van der Waals surface area contributed by atoms with Crippen LogP contribution in [0.5, 0.6) is 0 Å². The molecule has 0 saturated carbocycles. The molecule has 1 fully saturated rings. The maximum atomic E-state index is 6.10. The van der Waals surface area contributed by atoms with Crippen LogP contribution in [0.15, 0.2) is 24.3 Å². The summed E-state index contributed by atoms with van der Waals surface area (Å²) in [5, 5.41) is 14.3. The Morgan fingerprint density at radius 2 is 2.06 bits per heavy atom. The molecule has 1 aromatic heterocycles. The van der Waals surface area contributed by atoms with Crippen molar-refractivity contribution in [2.24, 2.45) is 0 Å². The highest BCUT2D eigenvalue weighted by Gasteiger charge is 2.22. The van der Waals surface area contributed by atoms with Gasteiger partial charge in [-0.2, -0.15) is 0 Å². The number of benzene rings is 1. The number of nitrogens with zero attached hydrogens (tertiary/aromatic N) is 3. The second-order valence-corrected chi connectivity index (χ2v) is 4.96. The zero-order valence-electron chi connectivity index (χ0n) is 10.2. The smallest absolute Gasteiger partial charge is 0.159 e. The van der Waals surface area contributed by atoms with Gasteiger partial charge in [0.2, 0.25) is 0 Å². The summed E-state index contributed by atoms with van der Waals surface area (Å²) < 4.78 is 0. The van der Waals surface area contributed by atoms with E-state index < -0.39 is 0 Å². The van der Waals surface area contributed by atoms with Gasteiger partial charge in [0.15, 0.2) is 11.0 Å². The highest BCUT2D eigenvalue weighted by molar-refractivity contribution is 6.34. The molecule has 18 heavy (non-hydrogen) atoms. The standard InChI is InChI=1S/C13H15ClN4/c1-9-8-15-6-7-18(9)13-11-5-3-2-4-10(11)12(14)16-17-13/h2-5,9,15H,6-8H2,1H3/t9-/m1/s1. The molecule has 1 aromatic carbocycles. The SMILES string of the molecule is C[C@@H]1CNCCN1c1nnc(Cl)c2ccccc12. The van der Waals surface area contributed by atoms with Crippen LogP contribution in [0.1, 0.15) is 6.92 Å². The molecular weight excluding hydrogens is 248 g/mol. The number of aromatic nitrogens is 2. The average molecular weight is 263 g/mol. The molecule has 94 valence electrons. The van der Waals surface area contributed by atoms with Crippen LogP contribution in [0, 0.1) is 0 Å². The predicted octanol–water partition coefficient (Wildman–Crippen LogP) is 2.08. The second-order valence-electron chi connectivity index (χ2n) is 4.61. The van der Waals surface area contributed by atoms with Crippen molar-refractivity contribution >= 4 is 28.2 Å². The fourth-order valence-electron chi connectivity index (χ4n) is 2.42. The topological polar surface area (TPSA) is 41.0 Å². The lowest BCUT2D eigenvalue weighted by Gasteiger charge is -2.35. The first-order valence-electron chi connectivity index (χ1n) is 6.15. The minimum atomic E-state index is 0.414. The van der Waals surface area contributed by atoms with Gasteiger partial charge in [-0.3, -0.25) is 0 Å². The molecule has 1 atom stereocenters. The van der Waals surface area contributed by atoms with Crippen LogP contribution in [0.3, 0.4) is 0 Å². The Morgan fingerprint density at radius 1 is 1.28 bits per heavy atom. The van der Waals surface area contributed by atoms with Crippen LogP contribution in [0.2, 0.25) is 5.15 Å². The van der Waals surface area contributed by atoms with Crippen molar-refractivity contribution in [1.29, 1.82) is 0 Å². The summed E-state index contributed by atoms with van der Waals surface area (Å²) in [6.07, 6.45) is 0. The van der Waals surface area contributed by atoms with E-state index in [9.17, 15) is 0 Å². The first-order valence-corrected chi connectivity index (χ1v) is 6.53. The largest absolute Gasteiger partial charge is 0.349 e. The van der Waals surface area contributed by atoms with Gasteiger partial charge < -0.3 is 10.2 Å². The van der Waals surface area contributed by atoms with Crippen molar-refractivity contribution in [2.75, 3.05) is 24.5 Å². The van der Waals surface area contributed by atoms with Gasteiger partial charge in [-0.1, -0.05) is 35.9 Å². The van der Waals surface area contributed by atoms with Gasteiger partial charge in [0.05, 0.1) is 0 Å². The van der Waals surface area contributed by atoms with Crippen LogP contribution in [-0.2, 0) is 0 Å². The third-order valence-electron chi connectivity index (χ3n) is 3.40. The van der Waals surface area contributed by atoms with E-state index in [2.05, 4.69) is 33.4 Å². The maximum absolute atomic E-state index is 6.10. The summed E-state index contributed by atoms with van der Waals surface area (Å²) >= 11 is 6.10. The van der Waals surface area contributed by atoms with Gasteiger partial charge in [-0.25, -0.2) is 0 Å². The van der Waals surface area contributed by atoms with E-state index in [1.165, 1.54) is 0 Å². The van der Waals surface area contributed by atoms with Gasteiger partial charge in [0.1, 0.15) is 0 Å². The Bertz CT molecular complexity index is 572. The molecule has 0 unspecified atom stereocenters. The number of hydrogen-bond donors (Lipinski definition) is 1. The van der Waals surface area contributed by atoms with Crippen molar-refractivity contribution in [2.45, 2.75) is 13.0 Å². The lowest BCUT2D eigenvalue weighted by Crippen LogP contribution is -2.50. The van der Waals surface area contributed by atoms with Crippen LogP contribution < -0.4 is 10.2 Å². The summed E-state index contributed by atoms with van der Waals surface area (Å²) in [4.78, 5) is 2.29. The molecule has 2 heterocycles. The van der Waals surface area contributed by atoms with E-state index in [0.29, 0.717) is 11.2 Å². The third-order valence-corrected chi connectivity index (χ3v) is 3.68. The molecule has 0 spiro atoms. The molecule has 1 saturated heterocycles. The number of halogens is 1. The monoisotopic (exact) mass is 262 g/mol. The molecule has 1 N–H and O–H groups in total. The van der Waals surface area contributed by atoms with E-state index in [1.54, 1.807) is 0 Å². The molecule has 0 aliphatic carbocycles. The Labute approximate surface area is 111 Å². The third kappa shape index (κ3) is 1.91. The molecule has 2 aromatic rings. The minimum Gasteiger partial charge on any atom is -0.349 e. The van der Waals surface area contributed by atoms with Gasteiger partial charge in [0.25, 0.3) is 0 Å². The minimum absolute atomic E-state index is 0.414. The van der Waals surface area contributed by atoms with Crippen LogP contribution in [0.25, 0.3) is 10.8 Å². The first-order chi connectivity index (χ1) is 8.77. The van der Waals surface area contributed by atoms with E-state index >= 15 is 0 Å². The molecule has 4 nitrogen and oxygen atoms in total. The average Bonchev–Trinajstić information content (AvgIpc) is 2.41. The number of nitrogens with one attached hydrogen (secondary N) is 1. The fourth-order valence-corrected chi connectivity index (χ4v) is 2.63. The molecule has 1 aliphatic heterocycles. The summed E-state index contributed by atoms with van der Waals surface area (Å²) in [6.45, 7) is 5.08. The maximum Gasteiger partial charge on any atom is 0.159 e. The summed E-state index contributed by atoms with van der Waals surface area (Å²) in [5.41, 5.74) is 0. The van der Waals surface area contributed by atoms with Gasteiger partial charge in [-0.15, -0.1) is 10.2 Å². The number of anilines is 1. The van der Waals surface area contributed by atoms with Crippen molar-refractivity contribution in [1.82, 2.24) is 15.5 Å². The fraction of sp³-hybridized carbons (Fsp3) is 0.385. The Hall–Kier alpha value is -1.39. The van der Waals surface area contributed by atoms with E-state index in [4.69, 9.17) is 11.6 Å². The van der Waals surface area contributed by atoms with Crippen molar-refractivity contribution in [3.05, 3.63) is 29.4 Å². The van der Waals surface area contributed by atoms with Gasteiger partial charge in [0, 0.05) is 36.4 Å². The zero-order chi connectivity index (χ0) is 12.5.